The van der Waals surface area contributed by atoms with Crippen LogP contribution in [0, 0.1) is 18.3 Å². The van der Waals surface area contributed by atoms with Gasteiger partial charge in [0, 0.05) is 13.1 Å². The van der Waals surface area contributed by atoms with Crippen molar-refractivity contribution in [3.05, 3.63) is 0 Å². The van der Waals surface area contributed by atoms with Crippen LogP contribution in [0.1, 0.15) is 0 Å². The molecule has 2 heteroatoms. The third kappa shape index (κ3) is 0.835. The van der Waals surface area contributed by atoms with Gasteiger partial charge in [0.05, 0.1) is 12.0 Å². The molecule has 2 N–H and O–H groups in total. The van der Waals surface area contributed by atoms with Crippen LogP contribution in [-0.2, 0) is 0 Å². The van der Waals surface area contributed by atoms with Crippen molar-refractivity contribution in [3.63, 3.8) is 0 Å². The Labute approximate surface area is 48.9 Å². The summed E-state index contributed by atoms with van der Waals surface area (Å²) in [6.07, 6.45) is 4.75. The normalized spacial score (nSPS) is 37.0. The van der Waals surface area contributed by atoms with E-state index in [1.807, 2.05) is 0 Å². The molecule has 0 unspecified atom stereocenters. The summed E-state index contributed by atoms with van der Waals surface area (Å²) in [7, 11) is 0. The van der Waals surface area contributed by atoms with E-state index in [4.69, 9.17) is 11.5 Å². The molecular weight excluding hydrogens is 102 g/mol. The van der Waals surface area contributed by atoms with Gasteiger partial charge in [-0.05, 0) is 0 Å². The lowest BCUT2D eigenvalue weighted by atomic mass is 10.1. The van der Waals surface area contributed by atoms with Gasteiger partial charge >= 0.3 is 0 Å². The highest BCUT2D eigenvalue weighted by molar-refractivity contribution is 5.01. The van der Waals surface area contributed by atoms with Crippen LogP contribution in [0.5, 0.6) is 0 Å². The van der Waals surface area contributed by atoms with E-state index in [2.05, 4.69) is 11.2 Å². The van der Waals surface area contributed by atoms with Crippen molar-refractivity contribution in [2.24, 2.45) is 5.92 Å². The van der Waals surface area contributed by atoms with E-state index < -0.39 is 0 Å². The molecule has 1 fully saturated rings. The van der Waals surface area contributed by atoms with Gasteiger partial charge in [0.25, 0.3) is 0 Å². The summed E-state index contributed by atoms with van der Waals surface area (Å²) in [6, 6.07) is 0. The van der Waals surface area contributed by atoms with Crippen LogP contribution in [0.4, 0.5) is 0 Å². The molecule has 0 aromatic rings. The highest BCUT2D eigenvalue weighted by atomic mass is 16.3. The number of hydrogen-bond donors (Lipinski definition) is 2. The molecule has 1 heterocycles. The monoisotopic (exact) mass is 111 g/mol. The van der Waals surface area contributed by atoms with E-state index >= 15 is 0 Å². The number of hydrogen-bond acceptors (Lipinski definition) is 2. The molecule has 1 rings (SSSR count). The maximum Gasteiger partial charge on any atom is 0.0814 e. The maximum atomic E-state index is 8.98. The molecule has 1 aliphatic heterocycles. The topological polar surface area (TPSA) is 32.3 Å². The van der Waals surface area contributed by atoms with Gasteiger partial charge in [-0.15, -0.1) is 6.42 Å². The first-order valence-electron chi connectivity index (χ1n) is 2.69. The quantitative estimate of drug-likeness (QED) is 0.401. The predicted octanol–water partition coefficient (Wildman–Crippen LogP) is -0.800. The second-order valence-electron chi connectivity index (χ2n) is 2.00. The summed E-state index contributed by atoms with van der Waals surface area (Å²) in [6.45, 7) is 1.41. The molecule has 1 aliphatic rings. The Bertz CT molecular complexity index is 116. The van der Waals surface area contributed by atoms with Gasteiger partial charge in [-0.25, -0.2) is 0 Å². The van der Waals surface area contributed by atoms with Crippen LogP contribution in [0.15, 0.2) is 0 Å². The summed E-state index contributed by atoms with van der Waals surface area (Å²) < 4.78 is 0. The molecule has 0 aromatic heterocycles. The van der Waals surface area contributed by atoms with Crippen molar-refractivity contribution in [1.82, 2.24) is 5.32 Å². The lowest BCUT2D eigenvalue weighted by Gasteiger charge is -2.02. The number of nitrogens with one attached hydrogen (secondary N) is 1. The Morgan fingerprint density at radius 2 is 2.38 bits per heavy atom. The average molecular weight is 111 g/mol. The fourth-order valence-corrected chi connectivity index (χ4v) is 0.835. The number of rotatable bonds is 0. The molecule has 44 valence electrons. The molecular formula is C6H9NO. The third-order valence-corrected chi connectivity index (χ3v) is 1.40. The first-order chi connectivity index (χ1) is 3.84. The Kier molecular flexibility index (Phi) is 1.52. The van der Waals surface area contributed by atoms with E-state index in [1.54, 1.807) is 0 Å². The van der Waals surface area contributed by atoms with Crippen LogP contribution >= 0.6 is 0 Å². The minimum absolute atomic E-state index is 0.0370. The standard InChI is InChI=1S/C6H9NO/c1-2-5-3-7-4-6(5)8/h1,5-8H,3-4H2/t5-,6-/m1/s1. The van der Waals surface area contributed by atoms with Crippen molar-refractivity contribution >= 4 is 0 Å². The zero-order chi connectivity index (χ0) is 5.98. The average Bonchev–Trinajstić information content (AvgIpc) is 2.14. The number of aliphatic hydroxyl groups excluding tert-OH is 1. The van der Waals surface area contributed by atoms with Crippen LogP contribution in [0.25, 0.3) is 0 Å². The van der Waals surface area contributed by atoms with Crippen LogP contribution in [0.3, 0.4) is 0 Å². The minimum atomic E-state index is -0.319. The minimum Gasteiger partial charge on any atom is -0.390 e. The number of terminal acetylenes is 1. The highest BCUT2D eigenvalue weighted by Gasteiger charge is 2.21. The molecule has 8 heavy (non-hydrogen) atoms. The number of aliphatic hydroxyl groups is 1. The zero-order valence-corrected chi connectivity index (χ0v) is 4.59. The molecule has 0 spiro atoms. The lowest BCUT2D eigenvalue weighted by molar-refractivity contribution is 0.171. The molecule has 0 radical (unpaired) electrons. The van der Waals surface area contributed by atoms with Gasteiger partial charge < -0.3 is 10.4 Å². The zero-order valence-electron chi connectivity index (χ0n) is 4.59. The Morgan fingerprint density at radius 1 is 1.62 bits per heavy atom. The molecule has 0 saturated carbocycles. The Hall–Kier alpha value is -0.520. The van der Waals surface area contributed by atoms with Crippen molar-refractivity contribution in [2.75, 3.05) is 13.1 Å². The molecule has 2 nitrogen and oxygen atoms in total. The van der Waals surface area contributed by atoms with Gasteiger partial charge in [-0.2, -0.15) is 0 Å². The largest absolute Gasteiger partial charge is 0.390 e. The van der Waals surface area contributed by atoms with Crippen LogP contribution < -0.4 is 5.32 Å². The fourth-order valence-electron chi connectivity index (χ4n) is 0.835. The van der Waals surface area contributed by atoms with Gasteiger partial charge in [0.1, 0.15) is 0 Å². The van der Waals surface area contributed by atoms with Crippen molar-refractivity contribution in [2.45, 2.75) is 6.10 Å². The van der Waals surface area contributed by atoms with E-state index in [-0.39, 0.29) is 12.0 Å². The summed E-state index contributed by atoms with van der Waals surface area (Å²) in [5.74, 6) is 2.54. The lowest BCUT2D eigenvalue weighted by Crippen LogP contribution is -2.15. The first kappa shape index (κ1) is 5.61. The molecule has 0 aromatic carbocycles. The molecule has 0 bridgehead atoms. The summed E-state index contributed by atoms with van der Waals surface area (Å²) >= 11 is 0. The van der Waals surface area contributed by atoms with Gasteiger partial charge in [0.2, 0.25) is 0 Å². The van der Waals surface area contributed by atoms with Gasteiger partial charge in [-0.1, -0.05) is 5.92 Å². The first-order valence-corrected chi connectivity index (χ1v) is 2.69. The van der Waals surface area contributed by atoms with E-state index in [1.165, 1.54) is 0 Å². The third-order valence-electron chi connectivity index (χ3n) is 1.40. The maximum absolute atomic E-state index is 8.98. The molecule has 2 atom stereocenters. The molecule has 0 aliphatic carbocycles. The van der Waals surface area contributed by atoms with Crippen LogP contribution in [-0.4, -0.2) is 24.3 Å². The van der Waals surface area contributed by atoms with Crippen molar-refractivity contribution in [1.29, 1.82) is 0 Å². The predicted molar refractivity (Wildman–Crippen MR) is 31.2 cm³/mol. The van der Waals surface area contributed by atoms with Crippen LogP contribution in [0.2, 0.25) is 0 Å². The van der Waals surface area contributed by atoms with E-state index in [0.29, 0.717) is 6.54 Å². The molecule has 1 saturated heterocycles. The smallest absolute Gasteiger partial charge is 0.0814 e. The molecule has 0 amide bonds. The number of β-amino-alcohol motifs (C(OH)–C–C–N with tert-alkyl or cyclic N) is 1. The van der Waals surface area contributed by atoms with Gasteiger partial charge in [0.15, 0.2) is 0 Å². The summed E-state index contributed by atoms with van der Waals surface area (Å²) in [5.41, 5.74) is 0. The SMILES string of the molecule is C#C[C@@H]1CNC[C@H]1O. The fraction of sp³-hybridized carbons (Fsp3) is 0.667. The van der Waals surface area contributed by atoms with Crippen molar-refractivity contribution < 1.29 is 5.11 Å². The second-order valence-corrected chi connectivity index (χ2v) is 2.00. The van der Waals surface area contributed by atoms with Gasteiger partial charge in [-0.3, -0.25) is 0 Å². The van der Waals surface area contributed by atoms with E-state index in [0.717, 1.165) is 6.54 Å². The second kappa shape index (κ2) is 2.17. The Morgan fingerprint density at radius 3 is 2.62 bits per heavy atom. The Balaban J connectivity index is 2.45. The van der Waals surface area contributed by atoms with Crippen molar-refractivity contribution in [3.8, 4) is 12.3 Å². The van der Waals surface area contributed by atoms with E-state index in [9.17, 15) is 0 Å². The highest BCUT2D eigenvalue weighted by Crippen LogP contribution is 2.05. The summed E-state index contributed by atoms with van der Waals surface area (Å²) in [4.78, 5) is 0. The summed E-state index contributed by atoms with van der Waals surface area (Å²) in [5, 5.41) is 12.0.